The summed E-state index contributed by atoms with van der Waals surface area (Å²) in [5, 5.41) is 21.7. The Morgan fingerprint density at radius 3 is 2.50 bits per heavy atom. The van der Waals surface area contributed by atoms with Gasteiger partial charge in [0.15, 0.2) is 17.4 Å². The van der Waals surface area contributed by atoms with Gasteiger partial charge in [0.1, 0.15) is 0 Å². The number of aliphatic hydroxyl groups excluding tert-OH is 1. The Bertz CT molecular complexity index is 402. The minimum Gasteiger partial charge on any atom is -0.503 e. The van der Waals surface area contributed by atoms with Crippen LogP contribution in [0.5, 0.6) is 5.75 Å². The van der Waals surface area contributed by atoms with E-state index in [1.54, 1.807) is 0 Å². The lowest BCUT2D eigenvalue weighted by Gasteiger charge is -2.26. The fourth-order valence-corrected chi connectivity index (χ4v) is 2.33. The molecule has 0 saturated heterocycles. The Hall–Kier alpha value is -1.20. The van der Waals surface area contributed by atoms with E-state index in [0.29, 0.717) is 18.5 Å². The summed E-state index contributed by atoms with van der Waals surface area (Å²) in [7, 11) is 0. The number of hydrogen-bond donors (Lipinski definition) is 3. The van der Waals surface area contributed by atoms with Gasteiger partial charge < -0.3 is 15.5 Å². The van der Waals surface area contributed by atoms with Crippen LogP contribution in [-0.2, 0) is 6.54 Å². The first-order chi connectivity index (χ1) is 8.56. The van der Waals surface area contributed by atoms with Crippen molar-refractivity contribution in [2.24, 2.45) is 0 Å². The molecule has 2 rings (SSSR count). The monoisotopic (exact) mass is 257 g/mol. The van der Waals surface area contributed by atoms with Crippen LogP contribution in [0.25, 0.3) is 0 Å². The van der Waals surface area contributed by atoms with Crippen LogP contribution < -0.4 is 5.32 Å². The third-order valence-corrected chi connectivity index (χ3v) is 3.32. The van der Waals surface area contributed by atoms with Crippen LogP contribution >= 0.6 is 0 Å². The third-order valence-electron chi connectivity index (χ3n) is 3.32. The summed E-state index contributed by atoms with van der Waals surface area (Å²) >= 11 is 0. The van der Waals surface area contributed by atoms with Crippen LogP contribution in [-0.4, -0.2) is 22.4 Å². The number of aromatic hydroxyl groups is 1. The van der Waals surface area contributed by atoms with Gasteiger partial charge in [-0.05, 0) is 43.4 Å². The molecule has 0 amide bonds. The molecule has 3 N–H and O–H groups in total. The zero-order valence-electron chi connectivity index (χ0n) is 10.00. The zero-order valence-corrected chi connectivity index (χ0v) is 10.00. The van der Waals surface area contributed by atoms with Gasteiger partial charge in [-0.15, -0.1) is 0 Å². The molecule has 0 aromatic heterocycles. The fourth-order valence-electron chi connectivity index (χ4n) is 2.33. The fraction of sp³-hybridized carbons (Fsp3) is 0.538. The SMILES string of the molecule is Oc1c(F)cc(CNC2CCCC(O)C2)cc1F. The van der Waals surface area contributed by atoms with E-state index in [2.05, 4.69) is 5.32 Å². The molecular weight excluding hydrogens is 240 g/mol. The molecule has 0 spiro atoms. The number of halogens is 2. The molecule has 1 aromatic carbocycles. The molecule has 1 aliphatic carbocycles. The Morgan fingerprint density at radius 2 is 1.89 bits per heavy atom. The summed E-state index contributed by atoms with van der Waals surface area (Å²) in [6, 6.07) is 2.41. The van der Waals surface area contributed by atoms with E-state index in [0.717, 1.165) is 31.4 Å². The van der Waals surface area contributed by atoms with Gasteiger partial charge in [-0.3, -0.25) is 0 Å². The van der Waals surface area contributed by atoms with Crippen molar-refractivity contribution in [3.8, 4) is 5.75 Å². The van der Waals surface area contributed by atoms with Gasteiger partial charge in [-0.25, -0.2) is 8.78 Å². The van der Waals surface area contributed by atoms with E-state index in [-0.39, 0.29) is 12.1 Å². The Labute approximate surface area is 104 Å². The van der Waals surface area contributed by atoms with Crippen molar-refractivity contribution in [2.45, 2.75) is 44.4 Å². The smallest absolute Gasteiger partial charge is 0.187 e. The highest BCUT2D eigenvalue weighted by atomic mass is 19.1. The first-order valence-corrected chi connectivity index (χ1v) is 6.14. The van der Waals surface area contributed by atoms with Crippen LogP contribution in [0.15, 0.2) is 12.1 Å². The minimum atomic E-state index is -0.949. The van der Waals surface area contributed by atoms with Gasteiger partial charge in [-0.1, -0.05) is 0 Å². The van der Waals surface area contributed by atoms with Gasteiger partial charge >= 0.3 is 0 Å². The summed E-state index contributed by atoms with van der Waals surface area (Å²) in [4.78, 5) is 0. The predicted octanol–water partition coefficient (Wildman–Crippen LogP) is 2.06. The first kappa shape index (κ1) is 13.2. The lowest BCUT2D eigenvalue weighted by Crippen LogP contribution is -2.35. The largest absolute Gasteiger partial charge is 0.503 e. The van der Waals surface area contributed by atoms with E-state index < -0.39 is 17.4 Å². The summed E-state index contributed by atoms with van der Waals surface area (Å²) in [5.41, 5.74) is 0.447. The zero-order chi connectivity index (χ0) is 13.1. The molecule has 0 heterocycles. The normalized spacial score (nSPS) is 24.2. The lowest BCUT2D eigenvalue weighted by molar-refractivity contribution is 0.111. The highest BCUT2D eigenvalue weighted by Gasteiger charge is 2.19. The second-order valence-corrected chi connectivity index (χ2v) is 4.81. The average Bonchev–Trinajstić information content (AvgIpc) is 2.33. The number of nitrogens with one attached hydrogen (secondary N) is 1. The molecule has 1 aromatic rings. The Morgan fingerprint density at radius 1 is 1.22 bits per heavy atom. The molecule has 3 nitrogen and oxygen atoms in total. The maximum atomic E-state index is 13.1. The average molecular weight is 257 g/mol. The molecular formula is C13H17F2NO2. The quantitative estimate of drug-likeness (QED) is 0.777. The van der Waals surface area contributed by atoms with Crippen molar-refractivity contribution in [2.75, 3.05) is 0 Å². The topological polar surface area (TPSA) is 52.5 Å². The predicted molar refractivity (Wildman–Crippen MR) is 63.1 cm³/mol. The van der Waals surface area contributed by atoms with Crippen LogP contribution in [0.4, 0.5) is 8.78 Å². The van der Waals surface area contributed by atoms with Crippen molar-refractivity contribution in [3.63, 3.8) is 0 Å². The number of benzene rings is 1. The molecule has 2 unspecified atom stereocenters. The molecule has 5 heteroatoms. The number of aliphatic hydroxyl groups is 1. The Balaban J connectivity index is 1.94. The highest BCUT2D eigenvalue weighted by Crippen LogP contribution is 2.22. The van der Waals surface area contributed by atoms with E-state index in [4.69, 9.17) is 5.11 Å². The summed E-state index contributed by atoms with van der Waals surface area (Å²) in [6.07, 6.45) is 3.12. The number of phenols is 1. The van der Waals surface area contributed by atoms with Gasteiger partial charge in [0.05, 0.1) is 6.10 Å². The molecule has 18 heavy (non-hydrogen) atoms. The van der Waals surface area contributed by atoms with Gasteiger partial charge in [-0.2, -0.15) is 0 Å². The van der Waals surface area contributed by atoms with Gasteiger partial charge in [0.25, 0.3) is 0 Å². The number of rotatable bonds is 3. The molecule has 100 valence electrons. The Kier molecular flexibility index (Phi) is 4.14. The second kappa shape index (κ2) is 5.63. The maximum absolute atomic E-state index is 13.1. The van der Waals surface area contributed by atoms with Crippen molar-refractivity contribution >= 4 is 0 Å². The van der Waals surface area contributed by atoms with E-state index >= 15 is 0 Å². The number of hydrogen-bond acceptors (Lipinski definition) is 3. The molecule has 0 bridgehead atoms. The van der Waals surface area contributed by atoms with E-state index in [9.17, 15) is 13.9 Å². The van der Waals surface area contributed by atoms with Crippen LogP contribution in [0.2, 0.25) is 0 Å². The van der Waals surface area contributed by atoms with E-state index in [1.165, 1.54) is 0 Å². The summed E-state index contributed by atoms with van der Waals surface area (Å²) in [6.45, 7) is 0.325. The van der Waals surface area contributed by atoms with Crippen LogP contribution in [0, 0.1) is 11.6 Å². The second-order valence-electron chi connectivity index (χ2n) is 4.81. The van der Waals surface area contributed by atoms with Crippen molar-refractivity contribution < 1.29 is 19.0 Å². The summed E-state index contributed by atoms with van der Waals surface area (Å²) in [5.74, 6) is -2.84. The van der Waals surface area contributed by atoms with Crippen molar-refractivity contribution in [3.05, 3.63) is 29.3 Å². The standard InChI is InChI=1S/C13H17F2NO2/c14-11-4-8(5-12(15)13(11)18)7-16-9-2-1-3-10(17)6-9/h4-5,9-10,16-18H,1-3,6-7H2. The third kappa shape index (κ3) is 3.17. The van der Waals surface area contributed by atoms with Crippen molar-refractivity contribution in [1.29, 1.82) is 0 Å². The molecule has 2 atom stereocenters. The molecule has 0 radical (unpaired) electrons. The minimum absolute atomic E-state index is 0.175. The summed E-state index contributed by atoms with van der Waals surface area (Å²) < 4.78 is 26.2. The highest BCUT2D eigenvalue weighted by molar-refractivity contribution is 5.29. The van der Waals surface area contributed by atoms with Gasteiger partial charge in [0, 0.05) is 12.6 Å². The van der Waals surface area contributed by atoms with Gasteiger partial charge in [0.2, 0.25) is 0 Å². The van der Waals surface area contributed by atoms with Crippen LogP contribution in [0.1, 0.15) is 31.2 Å². The molecule has 1 fully saturated rings. The molecule has 1 saturated carbocycles. The van der Waals surface area contributed by atoms with Crippen molar-refractivity contribution in [1.82, 2.24) is 5.32 Å². The lowest BCUT2D eigenvalue weighted by atomic mass is 9.93. The number of phenolic OH excluding ortho intramolecular Hbond substituents is 1. The first-order valence-electron chi connectivity index (χ1n) is 6.14. The van der Waals surface area contributed by atoms with Crippen LogP contribution in [0.3, 0.4) is 0 Å². The van der Waals surface area contributed by atoms with E-state index in [1.807, 2.05) is 0 Å². The molecule has 1 aliphatic rings. The maximum Gasteiger partial charge on any atom is 0.187 e. The molecule has 0 aliphatic heterocycles.